The van der Waals surface area contributed by atoms with E-state index in [4.69, 9.17) is 11.6 Å². The number of hydrogen-bond donors (Lipinski definition) is 0. The highest BCUT2D eigenvalue weighted by atomic mass is 35.5. The fraction of sp³-hybridized carbons (Fsp3) is 0.0769. The van der Waals surface area contributed by atoms with Gasteiger partial charge in [0.2, 0.25) is 5.43 Å². The summed E-state index contributed by atoms with van der Waals surface area (Å²) in [5, 5.41) is 18.3. The van der Waals surface area contributed by atoms with Gasteiger partial charge in [0.05, 0.1) is 23.5 Å². The molecule has 9 heteroatoms. The van der Waals surface area contributed by atoms with Crippen LogP contribution in [0.25, 0.3) is 28.2 Å². The first kappa shape index (κ1) is 22.2. The summed E-state index contributed by atoms with van der Waals surface area (Å²) in [4.78, 5) is 21.6. The van der Waals surface area contributed by atoms with E-state index in [-0.39, 0.29) is 5.43 Å². The average molecular weight is 480 g/mol. The molecule has 0 spiro atoms. The molecular formula is C26H18ClN7O. The molecule has 5 aromatic rings. The van der Waals surface area contributed by atoms with Crippen LogP contribution in [0.4, 0.5) is 0 Å². The van der Waals surface area contributed by atoms with Crippen molar-refractivity contribution in [3.63, 3.8) is 0 Å². The molecule has 170 valence electrons. The van der Waals surface area contributed by atoms with Crippen molar-refractivity contribution >= 4 is 11.6 Å². The van der Waals surface area contributed by atoms with Gasteiger partial charge in [-0.15, -0.1) is 0 Å². The second-order valence-corrected chi connectivity index (χ2v) is 8.39. The molecule has 0 atom stereocenters. The predicted molar refractivity (Wildman–Crippen MR) is 132 cm³/mol. The minimum atomic E-state index is -0.175. The van der Waals surface area contributed by atoms with E-state index in [1.54, 1.807) is 52.4 Å². The molecule has 0 radical (unpaired) electrons. The van der Waals surface area contributed by atoms with Gasteiger partial charge in [0, 0.05) is 66.0 Å². The molecule has 3 heterocycles. The van der Waals surface area contributed by atoms with Crippen LogP contribution < -0.4 is 5.43 Å². The van der Waals surface area contributed by atoms with Gasteiger partial charge in [-0.25, -0.2) is 14.6 Å². The number of nitriles is 1. The van der Waals surface area contributed by atoms with Gasteiger partial charge in [0.15, 0.2) is 5.82 Å². The van der Waals surface area contributed by atoms with Crippen LogP contribution in [0, 0.1) is 11.3 Å². The zero-order valence-corrected chi connectivity index (χ0v) is 19.4. The van der Waals surface area contributed by atoms with Gasteiger partial charge < -0.3 is 0 Å². The number of rotatable bonds is 5. The Morgan fingerprint density at radius 3 is 2.57 bits per heavy atom. The largest absolute Gasteiger partial charge is 0.288 e. The fourth-order valence-corrected chi connectivity index (χ4v) is 3.92. The highest BCUT2D eigenvalue weighted by Crippen LogP contribution is 2.22. The Morgan fingerprint density at radius 1 is 1.00 bits per heavy atom. The quantitative estimate of drug-likeness (QED) is 0.374. The summed E-state index contributed by atoms with van der Waals surface area (Å²) < 4.78 is 3.28. The molecule has 0 aliphatic heterocycles. The third-order valence-corrected chi connectivity index (χ3v) is 5.62. The summed E-state index contributed by atoms with van der Waals surface area (Å²) in [5.74, 6) is 0.584. The first-order valence-corrected chi connectivity index (χ1v) is 11.1. The molecular weight excluding hydrogens is 462 g/mol. The van der Waals surface area contributed by atoms with Gasteiger partial charge in [-0.1, -0.05) is 29.8 Å². The zero-order chi connectivity index (χ0) is 24.4. The Hall–Kier alpha value is -4.61. The number of halogens is 1. The predicted octanol–water partition coefficient (Wildman–Crippen LogP) is 4.21. The number of aryl methyl sites for hydroxylation is 1. The smallest absolute Gasteiger partial charge is 0.203 e. The van der Waals surface area contributed by atoms with Gasteiger partial charge in [-0.05, 0) is 29.8 Å². The lowest BCUT2D eigenvalue weighted by Gasteiger charge is -2.09. The minimum absolute atomic E-state index is 0.175. The third kappa shape index (κ3) is 4.86. The lowest BCUT2D eigenvalue weighted by Crippen LogP contribution is -2.16. The molecule has 0 unspecified atom stereocenters. The van der Waals surface area contributed by atoms with Gasteiger partial charge >= 0.3 is 0 Å². The Kier molecular flexibility index (Phi) is 5.92. The van der Waals surface area contributed by atoms with Crippen LogP contribution in [0.15, 0.2) is 84.3 Å². The first-order chi connectivity index (χ1) is 17.0. The monoisotopic (exact) mass is 479 g/mol. The van der Waals surface area contributed by atoms with Gasteiger partial charge in [-0.3, -0.25) is 9.48 Å². The van der Waals surface area contributed by atoms with Crippen LogP contribution >= 0.6 is 11.6 Å². The average Bonchev–Trinajstić information content (AvgIpc) is 3.31. The van der Waals surface area contributed by atoms with Crippen molar-refractivity contribution in [3.8, 4) is 34.3 Å². The van der Waals surface area contributed by atoms with Crippen molar-refractivity contribution < 1.29 is 0 Å². The van der Waals surface area contributed by atoms with Crippen LogP contribution in [-0.4, -0.2) is 29.5 Å². The molecule has 0 amide bonds. The molecule has 3 aromatic heterocycles. The molecule has 5 rings (SSSR count). The van der Waals surface area contributed by atoms with E-state index in [2.05, 4.69) is 26.2 Å². The maximum Gasteiger partial charge on any atom is 0.203 e. The SMILES string of the molecule is Cn1cc(-c2cnc(-c3cccc(Cc4nn(-c5cc(Cl)cc(C#N)c5)ccc4=O)c3)nc2)cn1. The molecule has 0 bridgehead atoms. The second kappa shape index (κ2) is 9.33. The first-order valence-electron chi connectivity index (χ1n) is 10.7. The number of aromatic nitrogens is 6. The summed E-state index contributed by atoms with van der Waals surface area (Å²) in [6.45, 7) is 0. The highest BCUT2D eigenvalue weighted by molar-refractivity contribution is 6.30. The van der Waals surface area contributed by atoms with Crippen molar-refractivity contribution in [1.29, 1.82) is 5.26 Å². The molecule has 0 aliphatic rings. The Bertz CT molecular complexity index is 1630. The number of hydrogen-bond acceptors (Lipinski definition) is 6. The molecule has 35 heavy (non-hydrogen) atoms. The van der Waals surface area contributed by atoms with Crippen LogP contribution in [-0.2, 0) is 13.5 Å². The normalized spacial score (nSPS) is 10.8. The van der Waals surface area contributed by atoms with Crippen LogP contribution in [0.3, 0.4) is 0 Å². The van der Waals surface area contributed by atoms with E-state index in [0.717, 1.165) is 22.3 Å². The highest BCUT2D eigenvalue weighted by Gasteiger charge is 2.10. The number of nitrogens with zero attached hydrogens (tertiary/aromatic N) is 7. The number of benzene rings is 2. The van der Waals surface area contributed by atoms with E-state index in [0.29, 0.717) is 34.2 Å². The maximum absolute atomic E-state index is 12.5. The van der Waals surface area contributed by atoms with Crippen molar-refractivity contribution in [2.75, 3.05) is 0 Å². The molecule has 2 aromatic carbocycles. The van der Waals surface area contributed by atoms with Crippen molar-refractivity contribution in [3.05, 3.63) is 112 Å². The third-order valence-electron chi connectivity index (χ3n) is 5.40. The Balaban J connectivity index is 1.42. The van der Waals surface area contributed by atoms with Crippen LogP contribution in [0.1, 0.15) is 16.8 Å². The van der Waals surface area contributed by atoms with Gasteiger partial charge in [0.25, 0.3) is 0 Å². The van der Waals surface area contributed by atoms with E-state index >= 15 is 0 Å². The fourth-order valence-electron chi connectivity index (χ4n) is 3.69. The van der Waals surface area contributed by atoms with Crippen molar-refractivity contribution in [2.45, 2.75) is 6.42 Å². The summed E-state index contributed by atoms with van der Waals surface area (Å²) in [7, 11) is 1.86. The molecule has 0 fully saturated rings. The van der Waals surface area contributed by atoms with E-state index in [1.165, 1.54) is 6.07 Å². The van der Waals surface area contributed by atoms with Crippen molar-refractivity contribution in [2.24, 2.45) is 7.05 Å². The Morgan fingerprint density at radius 2 is 1.83 bits per heavy atom. The van der Waals surface area contributed by atoms with Gasteiger partial charge in [-0.2, -0.15) is 15.5 Å². The minimum Gasteiger partial charge on any atom is -0.288 e. The van der Waals surface area contributed by atoms with Gasteiger partial charge in [0.1, 0.15) is 5.69 Å². The zero-order valence-electron chi connectivity index (χ0n) is 18.6. The molecule has 0 saturated carbocycles. The lowest BCUT2D eigenvalue weighted by atomic mass is 10.1. The van der Waals surface area contributed by atoms with E-state index in [1.807, 2.05) is 37.5 Å². The van der Waals surface area contributed by atoms with Crippen molar-refractivity contribution in [1.82, 2.24) is 29.5 Å². The maximum atomic E-state index is 12.5. The Labute approximate surface area is 205 Å². The van der Waals surface area contributed by atoms with E-state index < -0.39 is 0 Å². The molecule has 0 saturated heterocycles. The standard InChI is InChI=1S/C26H18ClN7O/c1-33-16-21(15-31-33)20-13-29-26(30-14-20)19-4-2-3-17(7-19)10-24-25(35)5-6-34(32-24)23-9-18(12-28)8-22(27)11-23/h2-9,11,13-16H,10H2,1H3. The lowest BCUT2D eigenvalue weighted by molar-refractivity contribution is 0.768. The summed E-state index contributed by atoms with van der Waals surface area (Å²) in [6, 6.07) is 16.2. The topological polar surface area (TPSA) is 102 Å². The summed E-state index contributed by atoms with van der Waals surface area (Å²) in [5.41, 5.74) is 4.78. The van der Waals surface area contributed by atoms with Crippen LogP contribution in [0.5, 0.6) is 0 Å². The second-order valence-electron chi connectivity index (χ2n) is 7.96. The summed E-state index contributed by atoms with van der Waals surface area (Å²) >= 11 is 6.13. The summed E-state index contributed by atoms with van der Waals surface area (Å²) in [6.07, 6.45) is 9.10. The molecule has 0 N–H and O–H groups in total. The van der Waals surface area contributed by atoms with Crippen LogP contribution in [0.2, 0.25) is 5.02 Å². The molecule has 0 aliphatic carbocycles. The van der Waals surface area contributed by atoms with E-state index in [9.17, 15) is 10.1 Å². The molecule has 8 nitrogen and oxygen atoms in total.